The molecule has 2 rings (SSSR count). The largest absolute Gasteiger partial charge is 0.372 e. The van der Waals surface area contributed by atoms with Crippen LogP contribution in [0.5, 0.6) is 0 Å². The maximum absolute atomic E-state index is 6.05. The van der Waals surface area contributed by atoms with Crippen LogP contribution >= 0.6 is 0 Å². The van der Waals surface area contributed by atoms with Gasteiger partial charge in [-0.15, -0.1) is 0 Å². The third-order valence-corrected chi connectivity index (χ3v) is 4.78. The Hall–Kier alpha value is -0.0800. The molecule has 16 heavy (non-hydrogen) atoms. The van der Waals surface area contributed by atoms with Crippen molar-refractivity contribution in [3.8, 4) is 0 Å². The van der Waals surface area contributed by atoms with E-state index < -0.39 is 0 Å². The number of ether oxygens (including phenoxy) is 1. The average Bonchev–Trinajstić information content (AvgIpc) is 2.25. The fourth-order valence-corrected chi connectivity index (χ4v) is 2.87. The standard InChI is InChI=1S/C14H27NO/c1-4-13(2,3)9-6-12-14(7-5-8-14)16-11-10-15-12/h12,15H,4-11H2,1-3H3. The molecule has 1 unspecified atom stereocenters. The maximum atomic E-state index is 6.05. The molecule has 1 heterocycles. The zero-order chi connectivity index (χ0) is 11.6. The van der Waals surface area contributed by atoms with Crippen LogP contribution in [-0.4, -0.2) is 24.8 Å². The summed E-state index contributed by atoms with van der Waals surface area (Å²) in [5, 5.41) is 3.68. The highest BCUT2D eigenvalue weighted by atomic mass is 16.5. The van der Waals surface area contributed by atoms with E-state index in [1.165, 1.54) is 38.5 Å². The van der Waals surface area contributed by atoms with Crippen LogP contribution in [0, 0.1) is 5.41 Å². The van der Waals surface area contributed by atoms with Crippen molar-refractivity contribution in [2.24, 2.45) is 5.41 Å². The molecule has 1 aliphatic carbocycles. The second-order valence-electron chi connectivity index (χ2n) is 6.33. The minimum absolute atomic E-state index is 0.224. The molecule has 2 fully saturated rings. The van der Waals surface area contributed by atoms with Crippen LogP contribution in [0.3, 0.4) is 0 Å². The number of morpholine rings is 1. The second-order valence-corrected chi connectivity index (χ2v) is 6.33. The molecule has 0 aromatic heterocycles. The summed E-state index contributed by atoms with van der Waals surface area (Å²) in [6.45, 7) is 9.00. The Morgan fingerprint density at radius 1 is 1.38 bits per heavy atom. The Balaban J connectivity index is 1.87. The molecule has 0 aromatic carbocycles. The Bertz CT molecular complexity index is 233. The van der Waals surface area contributed by atoms with Crippen LogP contribution in [-0.2, 0) is 4.74 Å². The van der Waals surface area contributed by atoms with Gasteiger partial charge in [-0.1, -0.05) is 27.2 Å². The van der Waals surface area contributed by atoms with Crippen molar-refractivity contribution in [3.05, 3.63) is 0 Å². The van der Waals surface area contributed by atoms with Crippen LogP contribution in [0.2, 0.25) is 0 Å². The summed E-state index contributed by atoms with van der Waals surface area (Å²) in [7, 11) is 0. The first-order chi connectivity index (χ1) is 7.58. The SMILES string of the molecule is CCC(C)(C)CCC1NCCOC12CCC2. The van der Waals surface area contributed by atoms with Crippen LogP contribution in [0.15, 0.2) is 0 Å². The van der Waals surface area contributed by atoms with Crippen molar-refractivity contribution in [1.29, 1.82) is 0 Å². The minimum atomic E-state index is 0.224. The highest BCUT2D eigenvalue weighted by Gasteiger charge is 2.46. The summed E-state index contributed by atoms with van der Waals surface area (Å²) in [5.74, 6) is 0. The predicted octanol–water partition coefficient (Wildman–Crippen LogP) is 3.11. The number of nitrogens with one attached hydrogen (secondary N) is 1. The molecule has 1 N–H and O–H groups in total. The van der Waals surface area contributed by atoms with E-state index in [9.17, 15) is 0 Å². The molecule has 2 aliphatic rings. The molecule has 1 saturated heterocycles. The van der Waals surface area contributed by atoms with Crippen molar-refractivity contribution in [1.82, 2.24) is 5.32 Å². The molecule has 1 atom stereocenters. The molecule has 94 valence electrons. The molecule has 2 heteroatoms. The van der Waals surface area contributed by atoms with Crippen molar-refractivity contribution >= 4 is 0 Å². The number of hydrogen-bond donors (Lipinski definition) is 1. The summed E-state index contributed by atoms with van der Waals surface area (Å²) >= 11 is 0. The summed E-state index contributed by atoms with van der Waals surface area (Å²) in [6, 6.07) is 0.612. The molecule has 1 saturated carbocycles. The van der Waals surface area contributed by atoms with E-state index in [1.54, 1.807) is 0 Å². The highest BCUT2D eigenvalue weighted by molar-refractivity contribution is 5.02. The maximum Gasteiger partial charge on any atom is 0.0835 e. The van der Waals surface area contributed by atoms with Gasteiger partial charge in [0, 0.05) is 12.6 Å². The first kappa shape index (κ1) is 12.4. The second kappa shape index (κ2) is 4.66. The van der Waals surface area contributed by atoms with E-state index in [4.69, 9.17) is 4.74 Å². The third kappa shape index (κ3) is 2.43. The van der Waals surface area contributed by atoms with Gasteiger partial charge in [-0.3, -0.25) is 0 Å². The molecule has 0 bridgehead atoms. The Labute approximate surface area is 100 Å². The summed E-state index contributed by atoms with van der Waals surface area (Å²) < 4.78 is 6.05. The highest BCUT2D eigenvalue weighted by Crippen LogP contribution is 2.42. The van der Waals surface area contributed by atoms with Gasteiger partial charge in [0.25, 0.3) is 0 Å². The summed E-state index contributed by atoms with van der Waals surface area (Å²) in [4.78, 5) is 0. The molecule has 1 spiro atoms. The molecule has 0 radical (unpaired) electrons. The van der Waals surface area contributed by atoms with Crippen LogP contribution < -0.4 is 5.32 Å². The normalized spacial score (nSPS) is 29.1. The van der Waals surface area contributed by atoms with E-state index in [-0.39, 0.29) is 5.60 Å². The Morgan fingerprint density at radius 2 is 2.12 bits per heavy atom. The van der Waals surface area contributed by atoms with Crippen molar-refractivity contribution in [2.45, 2.75) is 70.9 Å². The van der Waals surface area contributed by atoms with Gasteiger partial charge in [-0.25, -0.2) is 0 Å². The van der Waals surface area contributed by atoms with E-state index in [0.29, 0.717) is 11.5 Å². The van der Waals surface area contributed by atoms with E-state index in [2.05, 4.69) is 26.1 Å². The predicted molar refractivity (Wildman–Crippen MR) is 67.6 cm³/mol. The Morgan fingerprint density at radius 3 is 2.69 bits per heavy atom. The van der Waals surface area contributed by atoms with Crippen molar-refractivity contribution < 1.29 is 4.74 Å². The number of rotatable bonds is 4. The lowest BCUT2D eigenvalue weighted by molar-refractivity contribution is -0.147. The third-order valence-electron chi connectivity index (χ3n) is 4.78. The molecule has 1 aliphatic heterocycles. The van der Waals surface area contributed by atoms with E-state index >= 15 is 0 Å². The lowest BCUT2D eigenvalue weighted by Gasteiger charge is -2.51. The van der Waals surface area contributed by atoms with Crippen LogP contribution in [0.4, 0.5) is 0 Å². The first-order valence-corrected chi connectivity index (χ1v) is 6.95. The topological polar surface area (TPSA) is 21.3 Å². The zero-order valence-corrected chi connectivity index (χ0v) is 11.1. The molecular formula is C14H27NO. The average molecular weight is 225 g/mol. The van der Waals surface area contributed by atoms with Gasteiger partial charge in [0.2, 0.25) is 0 Å². The minimum Gasteiger partial charge on any atom is -0.372 e. The molecule has 2 nitrogen and oxygen atoms in total. The fourth-order valence-electron chi connectivity index (χ4n) is 2.87. The van der Waals surface area contributed by atoms with Crippen LogP contribution in [0.1, 0.15) is 59.3 Å². The van der Waals surface area contributed by atoms with Gasteiger partial charge in [0.05, 0.1) is 12.2 Å². The quantitative estimate of drug-likeness (QED) is 0.794. The molecule has 0 amide bonds. The smallest absolute Gasteiger partial charge is 0.0835 e. The van der Waals surface area contributed by atoms with Gasteiger partial charge in [-0.05, 0) is 37.5 Å². The van der Waals surface area contributed by atoms with Gasteiger partial charge in [0.15, 0.2) is 0 Å². The number of hydrogen-bond acceptors (Lipinski definition) is 2. The monoisotopic (exact) mass is 225 g/mol. The first-order valence-electron chi connectivity index (χ1n) is 6.95. The van der Waals surface area contributed by atoms with Crippen LogP contribution in [0.25, 0.3) is 0 Å². The van der Waals surface area contributed by atoms with Crippen molar-refractivity contribution in [3.63, 3.8) is 0 Å². The van der Waals surface area contributed by atoms with Gasteiger partial charge >= 0.3 is 0 Å². The van der Waals surface area contributed by atoms with E-state index in [1.807, 2.05) is 0 Å². The lowest BCUT2D eigenvalue weighted by atomic mass is 9.70. The Kier molecular flexibility index (Phi) is 3.60. The summed E-state index contributed by atoms with van der Waals surface area (Å²) in [6.07, 6.45) is 7.77. The fraction of sp³-hybridized carbons (Fsp3) is 1.00. The lowest BCUT2D eigenvalue weighted by Crippen LogP contribution is -2.61. The molecular weight excluding hydrogens is 198 g/mol. The zero-order valence-electron chi connectivity index (χ0n) is 11.1. The van der Waals surface area contributed by atoms with Gasteiger partial charge in [-0.2, -0.15) is 0 Å². The summed E-state index contributed by atoms with van der Waals surface area (Å²) in [5.41, 5.74) is 0.714. The van der Waals surface area contributed by atoms with Gasteiger partial charge < -0.3 is 10.1 Å². The van der Waals surface area contributed by atoms with Gasteiger partial charge in [0.1, 0.15) is 0 Å². The van der Waals surface area contributed by atoms with E-state index in [0.717, 1.165) is 13.2 Å². The molecule has 0 aromatic rings. The van der Waals surface area contributed by atoms with Crippen molar-refractivity contribution in [2.75, 3.05) is 13.2 Å².